The quantitative estimate of drug-likeness (QED) is 0.720. The summed E-state index contributed by atoms with van der Waals surface area (Å²) in [6.45, 7) is 3.11. The summed E-state index contributed by atoms with van der Waals surface area (Å²) in [7, 11) is 1.63. The first-order chi connectivity index (χ1) is 9.04. The maximum atomic E-state index is 12.1. The smallest absolute Gasteiger partial charge is 0.329 e. The average Bonchev–Trinajstić information content (AvgIpc) is 2.43. The number of amides is 1. The van der Waals surface area contributed by atoms with Crippen LogP contribution >= 0.6 is 0 Å². The molecule has 19 heavy (non-hydrogen) atoms. The van der Waals surface area contributed by atoms with Crippen LogP contribution in [0.2, 0.25) is 0 Å². The number of rotatable bonds is 7. The zero-order chi connectivity index (χ0) is 14.3. The van der Waals surface area contributed by atoms with Gasteiger partial charge in [-0.25, -0.2) is 4.79 Å². The van der Waals surface area contributed by atoms with Crippen molar-refractivity contribution in [3.63, 3.8) is 0 Å². The van der Waals surface area contributed by atoms with Gasteiger partial charge in [0.15, 0.2) is 0 Å². The van der Waals surface area contributed by atoms with E-state index in [9.17, 15) is 14.7 Å². The zero-order valence-electron chi connectivity index (χ0n) is 12.0. The molecule has 0 aliphatic heterocycles. The Balaban J connectivity index is 2.58. The van der Waals surface area contributed by atoms with E-state index >= 15 is 0 Å². The third kappa shape index (κ3) is 3.93. The SMILES string of the molecule is CCOCCCC(=O)N(C)C1(C(=O)O)CCCCC1. The molecule has 0 aromatic rings. The van der Waals surface area contributed by atoms with Gasteiger partial charge in [0.1, 0.15) is 5.54 Å². The summed E-state index contributed by atoms with van der Waals surface area (Å²) in [6, 6.07) is 0. The predicted octanol–water partition coefficient (Wildman–Crippen LogP) is 2.05. The molecule has 1 fully saturated rings. The van der Waals surface area contributed by atoms with Gasteiger partial charge in [0.2, 0.25) is 5.91 Å². The van der Waals surface area contributed by atoms with Gasteiger partial charge in [-0.05, 0) is 26.2 Å². The number of carboxylic acid groups (broad SMARTS) is 1. The molecule has 1 saturated carbocycles. The largest absolute Gasteiger partial charge is 0.479 e. The van der Waals surface area contributed by atoms with Gasteiger partial charge >= 0.3 is 5.97 Å². The molecule has 0 saturated heterocycles. The van der Waals surface area contributed by atoms with Gasteiger partial charge in [0.25, 0.3) is 0 Å². The van der Waals surface area contributed by atoms with Crippen LogP contribution in [0.25, 0.3) is 0 Å². The zero-order valence-corrected chi connectivity index (χ0v) is 12.0. The van der Waals surface area contributed by atoms with Gasteiger partial charge in [-0.1, -0.05) is 19.3 Å². The lowest BCUT2D eigenvalue weighted by Crippen LogP contribution is -2.56. The summed E-state index contributed by atoms with van der Waals surface area (Å²) in [5, 5.41) is 9.50. The highest BCUT2D eigenvalue weighted by Gasteiger charge is 2.45. The molecule has 1 aliphatic rings. The second kappa shape index (κ2) is 7.48. The molecular formula is C14H25NO4. The topological polar surface area (TPSA) is 66.8 Å². The van der Waals surface area contributed by atoms with Crippen LogP contribution in [0.4, 0.5) is 0 Å². The van der Waals surface area contributed by atoms with Crippen molar-refractivity contribution in [2.45, 2.75) is 57.4 Å². The molecule has 1 N–H and O–H groups in total. The van der Waals surface area contributed by atoms with E-state index in [4.69, 9.17) is 4.74 Å². The minimum Gasteiger partial charge on any atom is -0.479 e. The standard InChI is InChI=1S/C14H25NO4/c1-3-19-11-7-8-12(16)15(2)14(13(17)18)9-5-4-6-10-14/h3-11H2,1-2H3,(H,17,18). The average molecular weight is 271 g/mol. The highest BCUT2D eigenvalue weighted by molar-refractivity contribution is 5.87. The van der Waals surface area contributed by atoms with Crippen molar-refractivity contribution in [1.82, 2.24) is 4.90 Å². The number of aliphatic carboxylic acids is 1. The summed E-state index contributed by atoms with van der Waals surface area (Å²) >= 11 is 0. The molecule has 0 spiro atoms. The number of likely N-dealkylation sites (N-methyl/N-ethyl adjacent to an activating group) is 1. The van der Waals surface area contributed by atoms with E-state index in [1.165, 1.54) is 4.90 Å². The third-order valence-corrected chi connectivity index (χ3v) is 3.98. The summed E-state index contributed by atoms with van der Waals surface area (Å²) in [6.07, 6.45) is 4.94. The van der Waals surface area contributed by atoms with Gasteiger partial charge in [-0.2, -0.15) is 0 Å². The van der Waals surface area contributed by atoms with E-state index in [2.05, 4.69) is 0 Å². The van der Waals surface area contributed by atoms with Crippen molar-refractivity contribution >= 4 is 11.9 Å². The minimum atomic E-state index is -0.985. The number of carbonyl (C=O) groups excluding carboxylic acids is 1. The van der Waals surface area contributed by atoms with Gasteiger partial charge < -0.3 is 14.7 Å². The van der Waals surface area contributed by atoms with E-state index in [0.29, 0.717) is 38.9 Å². The van der Waals surface area contributed by atoms with E-state index < -0.39 is 11.5 Å². The highest BCUT2D eigenvalue weighted by Crippen LogP contribution is 2.33. The van der Waals surface area contributed by atoms with Crippen LogP contribution in [0.1, 0.15) is 51.9 Å². The van der Waals surface area contributed by atoms with Gasteiger partial charge in [-0.15, -0.1) is 0 Å². The predicted molar refractivity (Wildman–Crippen MR) is 71.9 cm³/mol. The Bertz CT molecular complexity index is 311. The van der Waals surface area contributed by atoms with E-state index in [-0.39, 0.29) is 5.91 Å². The van der Waals surface area contributed by atoms with Crippen LogP contribution < -0.4 is 0 Å². The van der Waals surface area contributed by atoms with E-state index in [0.717, 1.165) is 19.3 Å². The van der Waals surface area contributed by atoms with Crippen molar-refractivity contribution in [3.05, 3.63) is 0 Å². The lowest BCUT2D eigenvalue weighted by Gasteiger charge is -2.41. The summed E-state index contributed by atoms with van der Waals surface area (Å²) in [5.74, 6) is -0.961. The second-order valence-electron chi connectivity index (χ2n) is 5.15. The van der Waals surface area contributed by atoms with Crippen molar-refractivity contribution in [1.29, 1.82) is 0 Å². The van der Waals surface area contributed by atoms with Crippen LogP contribution in [0.3, 0.4) is 0 Å². The first kappa shape index (κ1) is 16.0. The summed E-state index contributed by atoms with van der Waals surface area (Å²) in [4.78, 5) is 25.2. The minimum absolute atomic E-state index is 0.0935. The number of nitrogens with zero attached hydrogens (tertiary/aromatic N) is 1. The second-order valence-corrected chi connectivity index (χ2v) is 5.15. The Morgan fingerprint density at radius 3 is 2.42 bits per heavy atom. The molecule has 1 amide bonds. The third-order valence-electron chi connectivity index (χ3n) is 3.98. The van der Waals surface area contributed by atoms with E-state index in [1.807, 2.05) is 6.92 Å². The number of carboxylic acids is 1. The fourth-order valence-corrected chi connectivity index (χ4v) is 2.71. The number of carbonyl (C=O) groups is 2. The highest BCUT2D eigenvalue weighted by atomic mass is 16.5. The molecule has 0 bridgehead atoms. The molecule has 1 rings (SSSR count). The lowest BCUT2D eigenvalue weighted by atomic mass is 9.80. The molecule has 110 valence electrons. The number of ether oxygens (including phenoxy) is 1. The van der Waals surface area contributed by atoms with Crippen LogP contribution in [0.15, 0.2) is 0 Å². The molecular weight excluding hydrogens is 246 g/mol. The molecule has 5 nitrogen and oxygen atoms in total. The molecule has 5 heteroatoms. The summed E-state index contributed by atoms with van der Waals surface area (Å²) in [5.41, 5.74) is -0.985. The molecule has 0 aromatic carbocycles. The maximum Gasteiger partial charge on any atom is 0.329 e. The maximum absolute atomic E-state index is 12.1. The fourth-order valence-electron chi connectivity index (χ4n) is 2.71. The van der Waals surface area contributed by atoms with Crippen LogP contribution in [-0.4, -0.2) is 47.7 Å². The van der Waals surface area contributed by atoms with Gasteiger partial charge in [-0.3, -0.25) is 4.79 Å². The Morgan fingerprint density at radius 1 is 1.26 bits per heavy atom. The molecule has 0 radical (unpaired) electrons. The number of hydrogen-bond acceptors (Lipinski definition) is 3. The van der Waals surface area contributed by atoms with E-state index in [1.54, 1.807) is 7.05 Å². The Hall–Kier alpha value is -1.10. The summed E-state index contributed by atoms with van der Waals surface area (Å²) < 4.78 is 5.19. The van der Waals surface area contributed by atoms with Crippen molar-refractivity contribution in [2.24, 2.45) is 0 Å². The molecule has 0 atom stereocenters. The molecule has 0 heterocycles. The van der Waals surface area contributed by atoms with Gasteiger partial charge in [0, 0.05) is 26.7 Å². The molecule has 0 aromatic heterocycles. The van der Waals surface area contributed by atoms with Crippen LogP contribution in [-0.2, 0) is 14.3 Å². The first-order valence-electron chi connectivity index (χ1n) is 7.12. The Labute approximate surface area is 114 Å². The van der Waals surface area contributed by atoms with Crippen molar-refractivity contribution < 1.29 is 19.4 Å². The van der Waals surface area contributed by atoms with Crippen molar-refractivity contribution in [2.75, 3.05) is 20.3 Å². The monoisotopic (exact) mass is 271 g/mol. The Kier molecular flexibility index (Phi) is 6.28. The molecule has 0 unspecified atom stereocenters. The van der Waals surface area contributed by atoms with Crippen LogP contribution in [0, 0.1) is 0 Å². The van der Waals surface area contributed by atoms with Gasteiger partial charge in [0.05, 0.1) is 0 Å². The number of hydrogen-bond donors (Lipinski definition) is 1. The normalized spacial score (nSPS) is 18.0. The van der Waals surface area contributed by atoms with Crippen LogP contribution in [0.5, 0.6) is 0 Å². The first-order valence-corrected chi connectivity index (χ1v) is 7.12. The van der Waals surface area contributed by atoms with Crippen molar-refractivity contribution in [3.8, 4) is 0 Å². The Morgan fingerprint density at radius 2 is 1.89 bits per heavy atom. The fraction of sp³-hybridized carbons (Fsp3) is 0.857. The molecule has 1 aliphatic carbocycles. The lowest BCUT2D eigenvalue weighted by molar-refractivity contribution is -0.160.